The van der Waals surface area contributed by atoms with E-state index in [0.717, 1.165) is 29.9 Å². The van der Waals surface area contributed by atoms with Gasteiger partial charge in [0.1, 0.15) is 0 Å². The molecule has 162 valence electrons. The van der Waals surface area contributed by atoms with Gasteiger partial charge in [-0.15, -0.1) is 0 Å². The SMILES string of the molecule is O=C(CCc1nc(-c2ccco2)no1)NCC1(c2ccc3c(c2)OCO3)CCOCC1. The summed E-state index contributed by atoms with van der Waals surface area (Å²) >= 11 is 0. The van der Waals surface area contributed by atoms with E-state index in [-0.39, 0.29) is 24.5 Å². The number of nitrogens with zero attached hydrogens (tertiary/aromatic N) is 2. The molecule has 1 saturated heterocycles. The van der Waals surface area contributed by atoms with Crippen LogP contribution in [-0.2, 0) is 21.4 Å². The molecule has 1 aromatic carbocycles. The molecule has 5 rings (SSSR count). The van der Waals surface area contributed by atoms with Crippen LogP contribution in [0, 0.1) is 0 Å². The summed E-state index contributed by atoms with van der Waals surface area (Å²) in [7, 11) is 0. The van der Waals surface area contributed by atoms with Gasteiger partial charge < -0.3 is 28.5 Å². The van der Waals surface area contributed by atoms with Crippen molar-refractivity contribution in [3.05, 3.63) is 48.0 Å². The van der Waals surface area contributed by atoms with E-state index in [0.29, 0.717) is 43.7 Å². The number of aromatic nitrogens is 2. The fourth-order valence-corrected chi connectivity index (χ4v) is 3.99. The van der Waals surface area contributed by atoms with E-state index in [1.165, 1.54) is 0 Å². The molecule has 0 unspecified atom stereocenters. The highest BCUT2D eigenvalue weighted by Crippen LogP contribution is 2.40. The Hall–Kier alpha value is -3.33. The van der Waals surface area contributed by atoms with Crippen LogP contribution in [0.25, 0.3) is 11.6 Å². The van der Waals surface area contributed by atoms with Gasteiger partial charge >= 0.3 is 0 Å². The standard InChI is InChI=1S/C22H23N3O6/c26-19(5-6-20-24-21(25-31-20)17-2-1-9-28-17)23-13-22(7-10-27-11-8-22)15-3-4-16-18(12-15)30-14-29-16/h1-4,9,12H,5-8,10-11,13-14H2,(H,23,26). The molecule has 0 atom stereocenters. The van der Waals surface area contributed by atoms with Crippen molar-refractivity contribution < 1.29 is 27.9 Å². The second-order valence-corrected chi connectivity index (χ2v) is 7.73. The summed E-state index contributed by atoms with van der Waals surface area (Å²) in [5.41, 5.74) is 0.923. The third kappa shape index (κ3) is 4.13. The van der Waals surface area contributed by atoms with Gasteiger partial charge in [0, 0.05) is 38.0 Å². The molecule has 2 aromatic heterocycles. The van der Waals surface area contributed by atoms with Gasteiger partial charge in [-0.05, 0) is 42.7 Å². The third-order valence-electron chi connectivity index (χ3n) is 5.83. The highest BCUT2D eigenvalue weighted by atomic mass is 16.7. The first-order valence-electron chi connectivity index (χ1n) is 10.3. The number of rotatable bonds is 7. The van der Waals surface area contributed by atoms with Crippen LogP contribution in [0.2, 0.25) is 0 Å². The lowest BCUT2D eigenvalue weighted by atomic mass is 9.74. The van der Waals surface area contributed by atoms with Crippen LogP contribution in [0.3, 0.4) is 0 Å². The highest BCUT2D eigenvalue weighted by Gasteiger charge is 2.36. The molecule has 2 aliphatic heterocycles. The topological polar surface area (TPSA) is 109 Å². The van der Waals surface area contributed by atoms with E-state index in [2.05, 4.69) is 21.5 Å². The maximum Gasteiger partial charge on any atom is 0.238 e. The number of carbonyl (C=O) groups is 1. The number of hydrogen-bond acceptors (Lipinski definition) is 8. The second kappa shape index (κ2) is 8.43. The molecule has 1 fully saturated rings. The predicted molar refractivity (Wildman–Crippen MR) is 108 cm³/mol. The highest BCUT2D eigenvalue weighted by molar-refractivity contribution is 5.76. The van der Waals surface area contributed by atoms with Gasteiger partial charge in [0.25, 0.3) is 0 Å². The van der Waals surface area contributed by atoms with E-state index in [1.807, 2.05) is 12.1 Å². The summed E-state index contributed by atoms with van der Waals surface area (Å²) in [5.74, 6) is 2.75. The van der Waals surface area contributed by atoms with Crippen molar-refractivity contribution in [3.63, 3.8) is 0 Å². The minimum absolute atomic E-state index is 0.0654. The Balaban J connectivity index is 1.21. The zero-order chi connectivity index (χ0) is 21.1. The molecule has 1 N–H and O–H groups in total. The maximum absolute atomic E-state index is 12.6. The zero-order valence-electron chi connectivity index (χ0n) is 17.0. The van der Waals surface area contributed by atoms with E-state index in [4.69, 9.17) is 23.2 Å². The summed E-state index contributed by atoms with van der Waals surface area (Å²) < 4.78 is 27.0. The van der Waals surface area contributed by atoms with Crippen molar-refractivity contribution in [2.75, 3.05) is 26.6 Å². The summed E-state index contributed by atoms with van der Waals surface area (Å²) in [6, 6.07) is 9.52. The molecule has 0 aliphatic carbocycles. The fourth-order valence-electron chi connectivity index (χ4n) is 3.99. The molecule has 3 aromatic rings. The minimum Gasteiger partial charge on any atom is -0.461 e. The maximum atomic E-state index is 12.6. The summed E-state index contributed by atoms with van der Waals surface area (Å²) in [6.07, 6.45) is 3.81. The number of benzene rings is 1. The molecular formula is C22H23N3O6. The summed E-state index contributed by atoms with van der Waals surface area (Å²) in [5, 5.41) is 6.98. The smallest absolute Gasteiger partial charge is 0.238 e. The molecule has 0 radical (unpaired) electrons. The van der Waals surface area contributed by atoms with Crippen molar-refractivity contribution in [2.45, 2.75) is 31.1 Å². The molecule has 9 nitrogen and oxygen atoms in total. The van der Waals surface area contributed by atoms with Crippen LogP contribution in [-0.4, -0.2) is 42.6 Å². The average Bonchev–Trinajstić information content (AvgIpc) is 3.57. The van der Waals surface area contributed by atoms with Crippen LogP contribution in [0.5, 0.6) is 11.5 Å². The van der Waals surface area contributed by atoms with Gasteiger partial charge in [-0.1, -0.05) is 11.2 Å². The number of hydrogen-bond donors (Lipinski definition) is 1. The van der Waals surface area contributed by atoms with Crippen molar-refractivity contribution >= 4 is 5.91 Å². The Bertz CT molecular complexity index is 1040. The van der Waals surface area contributed by atoms with Gasteiger partial charge in [-0.2, -0.15) is 4.98 Å². The van der Waals surface area contributed by atoms with Crippen molar-refractivity contribution in [3.8, 4) is 23.1 Å². The number of furan rings is 1. The molecule has 0 spiro atoms. The number of ether oxygens (including phenoxy) is 3. The summed E-state index contributed by atoms with van der Waals surface area (Å²) in [4.78, 5) is 16.8. The van der Waals surface area contributed by atoms with E-state index >= 15 is 0 Å². The molecule has 9 heteroatoms. The van der Waals surface area contributed by atoms with Crippen LogP contribution < -0.4 is 14.8 Å². The first-order chi connectivity index (χ1) is 15.2. The Labute approximate surface area is 178 Å². The predicted octanol–water partition coefficient (Wildman–Crippen LogP) is 2.86. The van der Waals surface area contributed by atoms with Gasteiger partial charge in [0.05, 0.1) is 6.26 Å². The van der Waals surface area contributed by atoms with Crippen LogP contribution in [0.15, 0.2) is 45.5 Å². The lowest BCUT2D eigenvalue weighted by Crippen LogP contribution is -2.44. The number of carbonyl (C=O) groups excluding carboxylic acids is 1. The number of aryl methyl sites for hydroxylation is 1. The average molecular weight is 425 g/mol. The lowest BCUT2D eigenvalue weighted by Gasteiger charge is -2.38. The minimum atomic E-state index is -0.203. The molecule has 1 amide bonds. The van der Waals surface area contributed by atoms with Gasteiger partial charge in [0.2, 0.25) is 24.4 Å². The Morgan fingerprint density at radius 3 is 2.84 bits per heavy atom. The van der Waals surface area contributed by atoms with Crippen LogP contribution in [0.4, 0.5) is 0 Å². The Morgan fingerprint density at radius 1 is 1.13 bits per heavy atom. The second-order valence-electron chi connectivity index (χ2n) is 7.73. The van der Waals surface area contributed by atoms with Crippen molar-refractivity contribution in [1.82, 2.24) is 15.5 Å². The Morgan fingerprint density at radius 2 is 2.00 bits per heavy atom. The van der Waals surface area contributed by atoms with Crippen molar-refractivity contribution in [2.24, 2.45) is 0 Å². The van der Waals surface area contributed by atoms with Crippen LogP contribution in [0.1, 0.15) is 30.7 Å². The van der Waals surface area contributed by atoms with Crippen LogP contribution >= 0.6 is 0 Å². The normalized spacial score (nSPS) is 16.9. The lowest BCUT2D eigenvalue weighted by molar-refractivity contribution is -0.121. The molecule has 0 saturated carbocycles. The monoisotopic (exact) mass is 425 g/mol. The van der Waals surface area contributed by atoms with E-state index < -0.39 is 0 Å². The molecule has 31 heavy (non-hydrogen) atoms. The number of amides is 1. The van der Waals surface area contributed by atoms with E-state index in [1.54, 1.807) is 18.4 Å². The zero-order valence-corrected chi connectivity index (χ0v) is 17.0. The largest absolute Gasteiger partial charge is 0.461 e. The quantitative estimate of drug-likeness (QED) is 0.616. The summed E-state index contributed by atoms with van der Waals surface area (Å²) in [6.45, 7) is 2.07. The fraction of sp³-hybridized carbons (Fsp3) is 0.409. The Kier molecular flexibility index (Phi) is 5.33. The van der Waals surface area contributed by atoms with Gasteiger partial charge in [0.15, 0.2) is 17.3 Å². The molecule has 0 bridgehead atoms. The number of nitrogens with one attached hydrogen (secondary N) is 1. The molecular weight excluding hydrogens is 402 g/mol. The number of fused-ring (bicyclic) bond motifs is 1. The van der Waals surface area contributed by atoms with Crippen molar-refractivity contribution in [1.29, 1.82) is 0 Å². The molecule has 2 aliphatic rings. The van der Waals surface area contributed by atoms with Gasteiger partial charge in [-0.3, -0.25) is 4.79 Å². The third-order valence-corrected chi connectivity index (χ3v) is 5.83. The first kappa shape index (κ1) is 19.6. The first-order valence-corrected chi connectivity index (χ1v) is 10.3. The molecule has 4 heterocycles. The van der Waals surface area contributed by atoms with Gasteiger partial charge in [-0.25, -0.2) is 0 Å². The van der Waals surface area contributed by atoms with E-state index in [9.17, 15) is 4.79 Å².